The van der Waals surface area contributed by atoms with Gasteiger partial charge >= 0.3 is 0 Å². The SMILES string of the molecule is CCc1ccc(S(=O)(=O)N2CCCC2Cc2c[nH]c3ccccc23)s1. The van der Waals surface area contributed by atoms with Crippen molar-refractivity contribution in [1.29, 1.82) is 0 Å². The van der Waals surface area contributed by atoms with Crippen molar-refractivity contribution in [3.63, 3.8) is 0 Å². The molecule has 4 nitrogen and oxygen atoms in total. The summed E-state index contributed by atoms with van der Waals surface area (Å²) in [7, 11) is -3.39. The van der Waals surface area contributed by atoms with Crippen molar-refractivity contribution in [2.75, 3.05) is 6.54 Å². The lowest BCUT2D eigenvalue weighted by molar-refractivity contribution is 0.387. The lowest BCUT2D eigenvalue weighted by atomic mass is 10.0. The molecule has 25 heavy (non-hydrogen) atoms. The number of hydrogen-bond donors (Lipinski definition) is 1. The maximum Gasteiger partial charge on any atom is 0.252 e. The first-order chi connectivity index (χ1) is 12.1. The van der Waals surface area contributed by atoms with E-state index in [4.69, 9.17) is 0 Å². The molecule has 1 N–H and O–H groups in total. The molecule has 2 aromatic heterocycles. The standard InChI is InChI=1S/C19H22N2O2S2/c1-2-16-9-10-19(24-16)25(22,23)21-11-5-6-15(21)12-14-13-20-18-8-4-3-7-17(14)18/h3-4,7-10,13,15,20H,2,5-6,11-12H2,1H3. The molecule has 0 saturated carbocycles. The summed E-state index contributed by atoms with van der Waals surface area (Å²) in [4.78, 5) is 4.41. The van der Waals surface area contributed by atoms with Crippen molar-refractivity contribution in [3.05, 3.63) is 53.0 Å². The van der Waals surface area contributed by atoms with Gasteiger partial charge in [-0.1, -0.05) is 25.1 Å². The number of thiophene rings is 1. The fraction of sp³-hybridized carbons (Fsp3) is 0.368. The van der Waals surface area contributed by atoms with Crippen LogP contribution in [0, 0.1) is 0 Å². The predicted molar refractivity (Wildman–Crippen MR) is 103 cm³/mol. The van der Waals surface area contributed by atoms with Gasteiger partial charge in [-0.05, 0) is 49.4 Å². The summed E-state index contributed by atoms with van der Waals surface area (Å²) in [6.07, 6.45) is 5.51. The number of para-hydroxylation sites is 1. The maximum absolute atomic E-state index is 13.1. The number of aromatic nitrogens is 1. The molecule has 1 saturated heterocycles. The van der Waals surface area contributed by atoms with Gasteiger partial charge in [-0.2, -0.15) is 4.31 Å². The minimum Gasteiger partial charge on any atom is -0.361 e. The Morgan fingerprint density at radius 3 is 2.88 bits per heavy atom. The Morgan fingerprint density at radius 1 is 1.24 bits per heavy atom. The zero-order valence-electron chi connectivity index (χ0n) is 14.2. The molecule has 4 rings (SSSR count). The largest absolute Gasteiger partial charge is 0.361 e. The van der Waals surface area contributed by atoms with E-state index in [-0.39, 0.29) is 6.04 Å². The van der Waals surface area contributed by atoms with Crippen LogP contribution in [0.3, 0.4) is 0 Å². The highest BCUT2D eigenvalue weighted by Crippen LogP contribution is 2.32. The minimum atomic E-state index is -3.39. The third-order valence-electron chi connectivity index (χ3n) is 5.00. The van der Waals surface area contributed by atoms with Crippen molar-refractivity contribution < 1.29 is 8.42 Å². The Kier molecular flexibility index (Phi) is 4.43. The average molecular weight is 375 g/mol. The number of hydrogen-bond acceptors (Lipinski definition) is 3. The van der Waals surface area contributed by atoms with Crippen LogP contribution in [-0.2, 0) is 22.9 Å². The van der Waals surface area contributed by atoms with E-state index in [1.165, 1.54) is 22.3 Å². The number of rotatable bonds is 5. The number of nitrogens with one attached hydrogen (secondary N) is 1. The number of nitrogens with zero attached hydrogens (tertiary/aromatic N) is 1. The van der Waals surface area contributed by atoms with E-state index in [2.05, 4.69) is 24.0 Å². The van der Waals surface area contributed by atoms with Crippen molar-refractivity contribution in [2.24, 2.45) is 0 Å². The highest BCUT2D eigenvalue weighted by Gasteiger charge is 2.36. The van der Waals surface area contributed by atoms with Gasteiger partial charge in [-0.3, -0.25) is 0 Å². The van der Waals surface area contributed by atoms with Gasteiger partial charge in [0.2, 0.25) is 0 Å². The number of aromatic amines is 1. The van der Waals surface area contributed by atoms with Gasteiger partial charge in [0.1, 0.15) is 4.21 Å². The summed E-state index contributed by atoms with van der Waals surface area (Å²) in [5.41, 5.74) is 2.30. The van der Waals surface area contributed by atoms with Crippen molar-refractivity contribution in [3.8, 4) is 0 Å². The smallest absolute Gasteiger partial charge is 0.252 e. The second kappa shape index (κ2) is 6.59. The predicted octanol–water partition coefficient (Wildman–Crippen LogP) is 4.19. The van der Waals surface area contributed by atoms with E-state index in [1.807, 2.05) is 24.4 Å². The number of benzene rings is 1. The molecule has 0 spiro atoms. The van der Waals surface area contributed by atoms with E-state index >= 15 is 0 Å². The Labute approximate surface area is 152 Å². The molecule has 1 aliphatic heterocycles. The fourth-order valence-electron chi connectivity index (χ4n) is 3.69. The number of sulfonamides is 1. The third kappa shape index (κ3) is 3.03. The summed E-state index contributed by atoms with van der Waals surface area (Å²) < 4.78 is 28.4. The zero-order chi connectivity index (χ0) is 17.4. The topological polar surface area (TPSA) is 53.2 Å². The third-order valence-corrected chi connectivity index (χ3v) is 8.65. The first-order valence-corrected chi connectivity index (χ1v) is 11.0. The molecule has 1 aromatic carbocycles. The van der Waals surface area contributed by atoms with E-state index in [1.54, 1.807) is 10.4 Å². The second-order valence-electron chi connectivity index (χ2n) is 6.55. The fourth-order valence-corrected chi connectivity index (χ4v) is 6.80. The number of H-pyrrole nitrogens is 1. The first-order valence-electron chi connectivity index (χ1n) is 8.75. The minimum absolute atomic E-state index is 0.0383. The molecule has 3 aromatic rings. The molecule has 3 heterocycles. The quantitative estimate of drug-likeness (QED) is 0.728. The molecule has 0 radical (unpaired) electrons. The van der Waals surface area contributed by atoms with E-state index in [0.29, 0.717) is 10.8 Å². The molecular formula is C19H22N2O2S2. The zero-order valence-corrected chi connectivity index (χ0v) is 15.9. The molecule has 0 aliphatic carbocycles. The molecule has 132 valence electrons. The van der Waals surface area contributed by atoms with Crippen molar-refractivity contribution >= 4 is 32.3 Å². The Bertz CT molecular complexity index is 988. The van der Waals surface area contributed by atoms with Crippen LogP contribution in [0.1, 0.15) is 30.2 Å². The van der Waals surface area contributed by atoms with Gasteiger partial charge < -0.3 is 4.98 Å². The molecule has 1 aliphatic rings. The van der Waals surface area contributed by atoms with Gasteiger partial charge in [-0.25, -0.2) is 8.42 Å². The normalized spacial score (nSPS) is 19.0. The lowest BCUT2D eigenvalue weighted by Gasteiger charge is -2.23. The molecule has 1 fully saturated rings. The maximum atomic E-state index is 13.1. The van der Waals surface area contributed by atoms with Gasteiger partial charge in [0, 0.05) is 34.6 Å². The highest BCUT2D eigenvalue weighted by molar-refractivity contribution is 7.91. The molecule has 1 unspecified atom stereocenters. The molecule has 0 amide bonds. The van der Waals surface area contributed by atoms with Crippen LogP contribution in [0.15, 0.2) is 46.8 Å². The molecule has 6 heteroatoms. The van der Waals surface area contributed by atoms with Gasteiger partial charge in [0.15, 0.2) is 0 Å². The Balaban J connectivity index is 1.62. The van der Waals surface area contributed by atoms with E-state index < -0.39 is 10.0 Å². The number of aryl methyl sites for hydroxylation is 1. The summed E-state index contributed by atoms with van der Waals surface area (Å²) in [6.45, 7) is 2.67. The van der Waals surface area contributed by atoms with Crippen molar-refractivity contribution in [1.82, 2.24) is 9.29 Å². The summed E-state index contributed by atoms with van der Waals surface area (Å²) >= 11 is 1.40. The Morgan fingerprint density at radius 2 is 2.08 bits per heavy atom. The first kappa shape index (κ1) is 16.8. The lowest BCUT2D eigenvalue weighted by Crippen LogP contribution is -2.36. The van der Waals surface area contributed by atoms with Crippen LogP contribution in [0.5, 0.6) is 0 Å². The van der Waals surface area contributed by atoms with Crippen LogP contribution in [0.2, 0.25) is 0 Å². The summed E-state index contributed by atoms with van der Waals surface area (Å²) in [6, 6.07) is 11.9. The molecular weight excluding hydrogens is 352 g/mol. The molecule has 1 atom stereocenters. The second-order valence-corrected chi connectivity index (χ2v) is 9.84. The van der Waals surface area contributed by atoms with Gasteiger partial charge in [0.05, 0.1) is 0 Å². The summed E-state index contributed by atoms with van der Waals surface area (Å²) in [5, 5.41) is 1.19. The highest BCUT2D eigenvalue weighted by atomic mass is 32.2. The van der Waals surface area contributed by atoms with Crippen LogP contribution < -0.4 is 0 Å². The number of fused-ring (bicyclic) bond motifs is 1. The van der Waals surface area contributed by atoms with Crippen LogP contribution in [0.4, 0.5) is 0 Å². The van der Waals surface area contributed by atoms with Crippen LogP contribution in [-0.4, -0.2) is 30.3 Å². The van der Waals surface area contributed by atoms with E-state index in [9.17, 15) is 8.42 Å². The molecule has 0 bridgehead atoms. The van der Waals surface area contributed by atoms with Crippen LogP contribution >= 0.6 is 11.3 Å². The van der Waals surface area contributed by atoms with Crippen molar-refractivity contribution in [2.45, 2.75) is 42.9 Å². The average Bonchev–Trinajstić information content (AvgIpc) is 3.35. The van der Waals surface area contributed by atoms with Crippen LogP contribution in [0.25, 0.3) is 10.9 Å². The Hall–Kier alpha value is -1.63. The van der Waals surface area contributed by atoms with Gasteiger partial charge in [-0.15, -0.1) is 11.3 Å². The summed E-state index contributed by atoms with van der Waals surface area (Å²) in [5.74, 6) is 0. The van der Waals surface area contributed by atoms with Gasteiger partial charge in [0.25, 0.3) is 10.0 Å². The monoisotopic (exact) mass is 374 g/mol. The van der Waals surface area contributed by atoms with E-state index in [0.717, 1.165) is 36.1 Å².